The minimum atomic E-state index is -0.134. The first kappa shape index (κ1) is 25.9. The van der Waals surface area contributed by atoms with Crippen molar-refractivity contribution in [3.63, 3.8) is 0 Å². The van der Waals surface area contributed by atoms with E-state index in [2.05, 4.69) is 27.7 Å². The Morgan fingerprint density at radius 1 is 0.724 bits per heavy atom. The topological polar surface area (TPSA) is 61.8 Å². The van der Waals surface area contributed by atoms with Crippen molar-refractivity contribution in [2.24, 2.45) is 11.8 Å². The molecule has 0 spiro atoms. The molecule has 2 atom stereocenters. The molecule has 1 heterocycles. The zero-order chi connectivity index (χ0) is 21.5. The van der Waals surface area contributed by atoms with E-state index >= 15 is 0 Å². The molecule has 0 N–H and O–H groups in total. The first-order valence-electron chi connectivity index (χ1n) is 11.8. The van der Waals surface area contributed by atoms with Gasteiger partial charge in [-0.25, -0.2) is 0 Å². The van der Waals surface area contributed by atoms with E-state index in [0.29, 0.717) is 26.1 Å². The van der Waals surface area contributed by atoms with E-state index in [1.54, 1.807) is 0 Å². The van der Waals surface area contributed by atoms with Gasteiger partial charge >= 0.3 is 11.9 Å². The molecule has 2 unspecified atom stereocenters. The number of carbonyl (C=O) groups excluding carboxylic acids is 2. The van der Waals surface area contributed by atoms with Crippen LogP contribution in [0.5, 0.6) is 0 Å². The molecule has 0 aromatic heterocycles. The number of hydrogen-bond donors (Lipinski definition) is 0. The minimum absolute atomic E-state index is 0.0698. The predicted octanol–water partition coefficient (Wildman–Crippen LogP) is 5.83. The molecule has 1 aliphatic rings. The molecule has 0 aromatic carbocycles. The van der Waals surface area contributed by atoms with E-state index in [9.17, 15) is 9.59 Å². The van der Waals surface area contributed by atoms with Crippen LogP contribution in [-0.4, -0.2) is 37.4 Å². The van der Waals surface area contributed by atoms with Gasteiger partial charge in [0.2, 0.25) is 0 Å². The number of carbonyl (C=O) groups is 2. The maximum atomic E-state index is 11.8. The van der Waals surface area contributed by atoms with E-state index in [1.165, 1.54) is 25.7 Å². The lowest BCUT2D eigenvalue weighted by Gasteiger charge is -2.14. The van der Waals surface area contributed by atoms with Gasteiger partial charge in [-0.2, -0.15) is 0 Å². The van der Waals surface area contributed by atoms with Gasteiger partial charge in [0, 0.05) is 12.8 Å². The maximum Gasteiger partial charge on any atom is 0.305 e. The fraction of sp³-hybridized carbons (Fsp3) is 0.917. The summed E-state index contributed by atoms with van der Waals surface area (Å²) in [7, 11) is 0. The molecule has 1 rings (SSSR count). The third kappa shape index (κ3) is 14.5. The second kappa shape index (κ2) is 15.7. The molecule has 0 radical (unpaired) electrons. The van der Waals surface area contributed by atoms with Crippen LogP contribution in [0.25, 0.3) is 0 Å². The standard InChI is InChI=1S/C24H44O5/c1-19(2)11-7-5-9-13-23(25)27-17-21-15-16-22(29-21)18-28-24(26)14-10-6-8-12-20(3)4/h19-22H,5-18H2,1-4H3. The van der Waals surface area contributed by atoms with Crippen LogP contribution in [0, 0.1) is 11.8 Å². The normalized spacial score (nSPS) is 19.1. The average Bonchev–Trinajstić information content (AvgIpc) is 3.11. The van der Waals surface area contributed by atoms with Gasteiger partial charge in [0.1, 0.15) is 13.2 Å². The summed E-state index contributed by atoms with van der Waals surface area (Å²) in [5.41, 5.74) is 0. The van der Waals surface area contributed by atoms with Crippen molar-refractivity contribution in [1.82, 2.24) is 0 Å². The van der Waals surface area contributed by atoms with Gasteiger partial charge in [0.15, 0.2) is 0 Å². The van der Waals surface area contributed by atoms with E-state index in [0.717, 1.165) is 50.4 Å². The van der Waals surface area contributed by atoms with Gasteiger partial charge in [0.05, 0.1) is 12.2 Å². The average molecular weight is 413 g/mol. The van der Waals surface area contributed by atoms with Gasteiger partial charge in [-0.3, -0.25) is 9.59 Å². The van der Waals surface area contributed by atoms with Crippen LogP contribution < -0.4 is 0 Å². The van der Waals surface area contributed by atoms with Crippen LogP contribution in [0.4, 0.5) is 0 Å². The molecule has 0 saturated carbocycles. The van der Waals surface area contributed by atoms with Gasteiger partial charge in [0.25, 0.3) is 0 Å². The van der Waals surface area contributed by atoms with Crippen molar-refractivity contribution in [2.45, 2.75) is 117 Å². The molecule has 5 nitrogen and oxygen atoms in total. The maximum absolute atomic E-state index is 11.8. The Morgan fingerprint density at radius 2 is 1.14 bits per heavy atom. The molecule has 1 aliphatic heterocycles. The van der Waals surface area contributed by atoms with Gasteiger partial charge in [-0.1, -0.05) is 66.2 Å². The van der Waals surface area contributed by atoms with E-state index in [-0.39, 0.29) is 24.1 Å². The molecule has 1 saturated heterocycles. The van der Waals surface area contributed by atoms with Crippen molar-refractivity contribution in [2.75, 3.05) is 13.2 Å². The molecule has 5 heteroatoms. The smallest absolute Gasteiger partial charge is 0.305 e. The molecule has 0 bridgehead atoms. The van der Waals surface area contributed by atoms with Crippen molar-refractivity contribution < 1.29 is 23.8 Å². The first-order chi connectivity index (χ1) is 13.9. The molecular formula is C24H44O5. The second-order valence-electron chi connectivity index (χ2n) is 9.31. The highest BCUT2D eigenvalue weighted by Gasteiger charge is 2.27. The Bertz CT molecular complexity index is 407. The van der Waals surface area contributed by atoms with Crippen LogP contribution in [0.15, 0.2) is 0 Å². The van der Waals surface area contributed by atoms with Crippen LogP contribution in [-0.2, 0) is 23.8 Å². The van der Waals surface area contributed by atoms with Crippen LogP contribution in [0.2, 0.25) is 0 Å². The van der Waals surface area contributed by atoms with E-state index < -0.39 is 0 Å². The summed E-state index contributed by atoms with van der Waals surface area (Å²) in [5.74, 6) is 1.18. The summed E-state index contributed by atoms with van der Waals surface area (Å²) in [5, 5.41) is 0. The summed E-state index contributed by atoms with van der Waals surface area (Å²) < 4.78 is 16.5. The lowest BCUT2D eigenvalue weighted by molar-refractivity contribution is -0.151. The highest BCUT2D eigenvalue weighted by Crippen LogP contribution is 2.21. The molecular weight excluding hydrogens is 368 g/mol. The Balaban J connectivity index is 2.00. The van der Waals surface area contributed by atoms with Crippen molar-refractivity contribution >= 4 is 11.9 Å². The number of rotatable bonds is 16. The molecule has 0 aliphatic carbocycles. The van der Waals surface area contributed by atoms with Gasteiger partial charge in [-0.15, -0.1) is 0 Å². The monoisotopic (exact) mass is 412 g/mol. The predicted molar refractivity (Wildman–Crippen MR) is 116 cm³/mol. The summed E-state index contributed by atoms with van der Waals surface area (Å²) in [4.78, 5) is 23.7. The lowest BCUT2D eigenvalue weighted by Crippen LogP contribution is -2.23. The first-order valence-corrected chi connectivity index (χ1v) is 11.8. The number of unbranched alkanes of at least 4 members (excludes halogenated alkanes) is 4. The third-order valence-electron chi connectivity index (χ3n) is 5.38. The SMILES string of the molecule is CC(C)CCCCCC(=O)OCC1CCC(COC(=O)CCCCCC(C)C)O1. The molecule has 1 fully saturated rings. The zero-order valence-corrected chi connectivity index (χ0v) is 19.3. The summed E-state index contributed by atoms with van der Waals surface area (Å²) in [6.07, 6.45) is 11.3. The molecule has 0 aromatic rings. The van der Waals surface area contributed by atoms with E-state index in [4.69, 9.17) is 14.2 Å². The molecule has 0 amide bonds. The Hall–Kier alpha value is -1.10. The second-order valence-corrected chi connectivity index (χ2v) is 9.31. The van der Waals surface area contributed by atoms with Crippen molar-refractivity contribution in [3.05, 3.63) is 0 Å². The molecule has 170 valence electrons. The van der Waals surface area contributed by atoms with E-state index in [1.807, 2.05) is 0 Å². The van der Waals surface area contributed by atoms with Gasteiger partial charge in [-0.05, 0) is 37.5 Å². The molecule has 29 heavy (non-hydrogen) atoms. The summed E-state index contributed by atoms with van der Waals surface area (Å²) in [6, 6.07) is 0. The van der Waals surface area contributed by atoms with Crippen LogP contribution in [0.3, 0.4) is 0 Å². The lowest BCUT2D eigenvalue weighted by atomic mass is 10.0. The Labute approximate surface area is 178 Å². The highest BCUT2D eigenvalue weighted by molar-refractivity contribution is 5.69. The van der Waals surface area contributed by atoms with Crippen LogP contribution >= 0.6 is 0 Å². The largest absolute Gasteiger partial charge is 0.463 e. The minimum Gasteiger partial charge on any atom is -0.463 e. The third-order valence-corrected chi connectivity index (χ3v) is 5.38. The number of hydrogen-bond acceptors (Lipinski definition) is 5. The Morgan fingerprint density at radius 3 is 1.52 bits per heavy atom. The fourth-order valence-corrected chi connectivity index (χ4v) is 3.54. The van der Waals surface area contributed by atoms with Crippen molar-refractivity contribution in [3.8, 4) is 0 Å². The van der Waals surface area contributed by atoms with Gasteiger partial charge < -0.3 is 14.2 Å². The number of ether oxygens (including phenoxy) is 3. The quantitative estimate of drug-likeness (QED) is 0.236. The summed E-state index contributed by atoms with van der Waals surface area (Å²) in [6.45, 7) is 9.51. The highest BCUT2D eigenvalue weighted by atomic mass is 16.6. The number of esters is 2. The summed E-state index contributed by atoms with van der Waals surface area (Å²) >= 11 is 0. The van der Waals surface area contributed by atoms with Crippen molar-refractivity contribution in [1.29, 1.82) is 0 Å². The van der Waals surface area contributed by atoms with Crippen LogP contribution in [0.1, 0.15) is 105 Å². The fourth-order valence-electron chi connectivity index (χ4n) is 3.54. The zero-order valence-electron chi connectivity index (χ0n) is 19.3. The Kier molecular flexibility index (Phi) is 14.0.